The molecule has 88 valence electrons. The summed E-state index contributed by atoms with van der Waals surface area (Å²) in [7, 11) is 1.91. The van der Waals surface area contributed by atoms with Gasteiger partial charge in [-0.1, -0.05) is 0 Å². The number of rotatable bonds is 8. The van der Waals surface area contributed by atoms with Crippen molar-refractivity contribution in [3.63, 3.8) is 0 Å². The van der Waals surface area contributed by atoms with Gasteiger partial charge in [0.1, 0.15) is 0 Å². The van der Waals surface area contributed by atoms with Crippen LogP contribution in [-0.4, -0.2) is 50.2 Å². The van der Waals surface area contributed by atoms with Gasteiger partial charge in [-0.05, 0) is 25.8 Å². The average Bonchev–Trinajstić information content (AvgIpc) is 2.95. The fraction of sp³-hybridized carbons (Fsp3) is 0.900. The molecule has 0 radical (unpaired) electrons. The fourth-order valence-electron chi connectivity index (χ4n) is 1.27. The van der Waals surface area contributed by atoms with Gasteiger partial charge in [0.05, 0.1) is 12.6 Å². The first-order chi connectivity index (χ1) is 7.09. The Hall–Kier alpha value is -0.650. The van der Waals surface area contributed by atoms with E-state index in [-0.39, 0.29) is 0 Å². The Balaban J connectivity index is 1.96. The van der Waals surface area contributed by atoms with Gasteiger partial charge < -0.3 is 21.1 Å². The van der Waals surface area contributed by atoms with Crippen LogP contribution in [0.2, 0.25) is 0 Å². The van der Waals surface area contributed by atoms with Crippen molar-refractivity contribution in [3.05, 3.63) is 0 Å². The van der Waals surface area contributed by atoms with Crippen molar-refractivity contribution in [1.29, 1.82) is 0 Å². The molecule has 1 rings (SSSR count). The normalized spacial score (nSPS) is 18.1. The van der Waals surface area contributed by atoms with E-state index in [4.69, 9.17) is 16.2 Å². The number of hydrogen-bond acceptors (Lipinski definition) is 4. The predicted molar refractivity (Wildman–Crippen MR) is 58.2 cm³/mol. The van der Waals surface area contributed by atoms with Crippen LogP contribution in [0.25, 0.3) is 0 Å². The van der Waals surface area contributed by atoms with Crippen molar-refractivity contribution in [2.24, 2.45) is 17.4 Å². The van der Waals surface area contributed by atoms with E-state index >= 15 is 0 Å². The molecule has 1 saturated carbocycles. The number of ether oxygens (including phenoxy) is 1. The standard InChI is InChI=1S/C10H21N3O2/c1-13(6-9(11)10(12)14)4-5-15-7-8-2-3-8/h8-9H,2-7,11H2,1H3,(H2,12,14). The molecule has 0 aromatic heterocycles. The molecular formula is C10H21N3O2. The Kier molecular flexibility index (Phi) is 5.01. The summed E-state index contributed by atoms with van der Waals surface area (Å²) in [6.45, 7) is 2.84. The molecule has 1 unspecified atom stereocenters. The lowest BCUT2D eigenvalue weighted by molar-refractivity contribution is -0.119. The molecule has 5 nitrogen and oxygen atoms in total. The summed E-state index contributed by atoms with van der Waals surface area (Å²) in [4.78, 5) is 12.7. The Bertz CT molecular complexity index is 207. The summed E-state index contributed by atoms with van der Waals surface area (Å²) >= 11 is 0. The highest BCUT2D eigenvalue weighted by Crippen LogP contribution is 2.28. The van der Waals surface area contributed by atoms with Gasteiger partial charge in [0.15, 0.2) is 0 Å². The molecule has 15 heavy (non-hydrogen) atoms. The molecular weight excluding hydrogens is 194 g/mol. The van der Waals surface area contributed by atoms with Crippen molar-refractivity contribution in [2.75, 3.05) is 33.4 Å². The van der Waals surface area contributed by atoms with Crippen LogP contribution < -0.4 is 11.5 Å². The Morgan fingerprint density at radius 2 is 2.27 bits per heavy atom. The van der Waals surface area contributed by atoms with Gasteiger partial charge >= 0.3 is 0 Å². The quantitative estimate of drug-likeness (QED) is 0.517. The van der Waals surface area contributed by atoms with Crippen LogP contribution in [0.4, 0.5) is 0 Å². The van der Waals surface area contributed by atoms with E-state index < -0.39 is 11.9 Å². The zero-order chi connectivity index (χ0) is 11.3. The number of hydrogen-bond donors (Lipinski definition) is 2. The molecule has 1 atom stereocenters. The van der Waals surface area contributed by atoms with E-state index in [1.165, 1.54) is 12.8 Å². The second-order valence-corrected chi connectivity index (χ2v) is 4.29. The van der Waals surface area contributed by atoms with Crippen LogP contribution in [-0.2, 0) is 9.53 Å². The van der Waals surface area contributed by atoms with Crippen molar-refractivity contribution < 1.29 is 9.53 Å². The summed E-state index contributed by atoms with van der Waals surface area (Å²) in [5.74, 6) is 0.337. The van der Waals surface area contributed by atoms with Crippen molar-refractivity contribution in [2.45, 2.75) is 18.9 Å². The largest absolute Gasteiger partial charge is 0.380 e. The van der Waals surface area contributed by atoms with Crippen LogP contribution >= 0.6 is 0 Å². The Morgan fingerprint density at radius 1 is 1.60 bits per heavy atom. The van der Waals surface area contributed by atoms with Gasteiger partial charge in [0, 0.05) is 19.7 Å². The van der Waals surface area contributed by atoms with Crippen molar-refractivity contribution in [1.82, 2.24) is 4.90 Å². The monoisotopic (exact) mass is 215 g/mol. The van der Waals surface area contributed by atoms with E-state index in [9.17, 15) is 4.79 Å². The summed E-state index contributed by atoms with van der Waals surface area (Å²) in [6.07, 6.45) is 2.62. The highest BCUT2D eigenvalue weighted by molar-refractivity contribution is 5.79. The summed E-state index contributed by atoms with van der Waals surface area (Å²) in [5.41, 5.74) is 10.6. The maximum absolute atomic E-state index is 10.7. The molecule has 0 aliphatic heterocycles. The maximum Gasteiger partial charge on any atom is 0.235 e. The number of carbonyl (C=O) groups is 1. The van der Waals surface area contributed by atoms with E-state index in [2.05, 4.69) is 0 Å². The van der Waals surface area contributed by atoms with Crippen LogP contribution in [0.1, 0.15) is 12.8 Å². The van der Waals surface area contributed by atoms with E-state index in [0.717, 1.165) is 19.1 Å². The van der Waals surface area contributed by atoms with Crippen LogP contribution in [0.5, 0.6) is 0 Å². The molecule has 1 amide bonds. The minimum Gasteiger partial charge on any atom is -0.380 e. The maximum atomic E-state index is 10.7. The molecule has 0 aromatic rings. The number of nitrogens with zero attached hydrogens (tertiary/aromatic N) is 1. The molecule has 5 heteroatoms. The number of amides is 1. The summed E-state index contributed by atoms with van der Waals surface area (Å²) in [6, 6.07) is -0.585. The van der Waals surface area contributed by atoms with Gasteiger partial charge in [-0.2, -0.15) is 0 Å². The van der Waals surface area contributed by atoms with E-state index in [1.54, 1.807) is 0 Å². The van der Waals surface area contributed by atoms with Gasteiger partial charge in [0.25, 0.3) is 0 Å². The minimum absolute atomic E-state index is 0.458. The molecule has 1 aliphatic carbocycles. The first kappa shape index (κ1) is 12.4. The SMILES string of the molecule is CN(CCOCC1CC1)CC(N)C(N)=O. The fourth-order valence-corrected chi connectivity index (χ4v) is 1.27. The van der Waals surface area contributed by atoms with Crippen molar-refractivity contribution in [3.8, 4) is 0 Å². The van der Waals surface area contributed by atoms with Gasteiger partial charge in [-0.15, -0.1) is 0 Å². The first-order valence-corrected chi connectivity index (χ1v) is 5.40. The lowest BCUT2D eigenvalue weighted by Crippen LogP contribution is -2.45. The molecule has 0 heterocycles. The topological polar surface area (TPSA) is 81.6 Å². The number of likely N-dealkylation sites (N-methyl/N-ethyl adjacent to an activating group) is 1. The Morgan fingerprint density at radius 3 is 2.80 bits per heavy atom. The third-order valence-electron chi connectivity index (χ3n) is 2.54. The zero-order valence-corrected chi connectivity index (χ0v) is 9.32. The molecule has 1 aliphatic rings. The van der Waals surface area contributed by atoms with Crippen LogP contribution in [0.3, 0.4) is 0 Å². The van der Waals surface area contributed by atoms with Crippen LogP contribution in [0.15, 0.2) is 0 Å². The van der Waals surface area contributed by atoms with Gasteiger partial charge in [0.2, 0.25) is 5.91 Å². The molecule has 4 N–H and O–H groups in total. The van der Waals surface area contributed by atoms with Crippen molar-refractivity contribution >= 4 is 5.91 Å². The highest BCUT2D eigenvalue weighted by atomic mass is 16.5. The summed E-state index contributed by atoms with van der Waals surface area (Å²) < 4.78 is 5.47. The number of carbonyl (C=O) groups excluding carboxylic acids is 1. The summed E-state index contributed by atoms with van der Waals surface area (Å²) in [5, 5.41) is 0. The Labute approximate surface area is 90.7 Å². The third-order valence-corrected chi connectivity index (χ3v) is 2.54. The molecule has 0 aromatic carbocycles. The van der Waals surface area contributed by atoms with Crippen LogP contribution in [0, 0.1) is 5.92 Å². The second kappa shape index (κ2) is 6.05. The number of primary amides is 1. The smallest absolute Gasteiger partial charge is 0.235 e. The molecule has 0 bridgehead atoms. The molecule has 1 fully saturated rings. The second-order valence-electron chi connectivity index (χ2n) is 4.29. The lowest BCUT2D eigenvalue weighted by Gasteiger charge is -2.19. The molecule has 0 spiro atoms. The predicted octanol–water partition coefficient (Wildman–Crippen LogP) is -0.843. The van der Waals surface area contributed by atoms with Gasteiger partial charge in [-0.3, -0.25) is 4.79 Å². The highest BCUT2D eigenvalue weighted by Gasteiger charge is 2.21. The molecule has 0 saturated heterocycles. The van der Waals surface area contributed by atoms with Gasteiger partial charge in [-0.25, -0.2) is 0 Å². The average molecular weight is 215 g/mol. The van der Waals surface area contributed by atoms with E-state index in [0.29, 0.717) is 13.2 Å². The lowest BCUT2D eigenvalue weighted by atomic mass is 10.3. The minimum atomic E-state index is -0.585. The van der Waals surface area contributed by atoms with E-state index in [1.807, 2.05) is 11.9 Å². The number of nitrogens with two attached hydrogens (primary N) is 2. The third kappa shape index (κ3) is 5.71. The zero-order valence-electron chi connectivity index (χ0n) is 9.32. The first-order valence-electron chi connectivity index (χ1n) is 5.40.